The van der Waals surface area contributed by atoms with Gasteiger partial charge in [0.05, 0.1) is 6.67 Å². The molecule has 1 fully saturated rings. The molecule has 4 aromatic rings. The molecule has 0 amide bonds. The van der Waals surface area contributed by atoms with Crippen LogP contribution in [0.1, 0.15) is 38.9 Å². The molecule has 0 spiro atoms. The maximum atomic E-state index is 5.82. The van der Waals surface area contributed by atoms with Crippen LogP contribution in [0.3, 0.4) is 0 Å². The fourth-order valence-electron chi connectivity index (χ4n) is 5.48. The van der Waals surface area contributed by atoms with E-state index >= 15 is 0 Å². The van der Waals surface area contributed by atoms with E-state index in [0.29, 0.717) is 0 Å². The molecular formula is C30H34Cl2N4Ru. The summed E-state index contributed by atoms with van der Waals surface area (Å²) in [5.74, 6) is 0. The first-order valence-electron chi connectivity index (χ1n) is 12.3. The van der Waals surface area contributed by atoms with Crippen molar-refractivity contribution >= 4 is 46.4 Å². The predicted molar refractivity (Wildman–Crippen MR) is 157 cm³/mol. The molecule has 5 rings (SSSR count). The number of halogens is 2. The van der Waals surface area contributed by atoms with Crippen molar-refractivity contribution in [3.8, 4) is 0 Å². The first kappa shape index (κ1) is 27.7. The van der Waals surface area contributed by atoms with Gasteiger partial charge >= 0.3 is 94.7 Å². The van der Waals surface area contributed by atoms with Crippen LogP contribution < -0.4 is 9.80 Å². The quantitative estimate of drug-likeness (QED) is 0.221. The monoisotopic (exact) mass is 622 g/mol. The summed E-state index contributed by atoms with van der Waals surface area (Å²) in [4.78, 5) is 13.5. The van der Waals surface area contributed by atoms with Crippen molar-refractivity contribution in [2.75, 3.05) is 29.6 Å². The van der Waals surface area contributed by atoms with Crippen LogP contribution in [0.4, 0.5) is 11.4 Å². The van der Waals surface area contributed by atoms with Gasteiger partial charge in [-0.3, -0.25) is 0 Å². The standard InChI is InChI=1S/C21H28N2.C9H6N2.2ClH.Ru/c1-14-9-16(3)20(17(4)10-14)22-7-8-23(13-22)21-18(5)11-15(2)12-19(21)6;1-7-3-2-4-8-9(7)11-6-5-10-8;;;/h9-12H,7-8,13H2,1-6H3;1-6H;2*1H;/q;;;;+2/p-2. The summed E-state index contributed by atoms with van der Waals surface area (Å²) < 4.78 is 1.88. The van der Waals surface area contributed by atoms with Crippen LogP contribution in [0.25, 0.3) is 11.0 Å². The Labute approximate surface area is 233 Å². The molecular weight excluding hydrogens is 588 g/mol. The van der Waals surface area contributed by atoms with Crippen molar-refractivity contribution in [3.63, 3.8) is 0 Å². The molecule has 1 aliphatic heterocycles. The van der Waals surface area contributed by atoms with Crippen molar-refractivity contribution in [2.45, 2.75) is 41.5 Å². The first-order valence-corrected chi connectivity index (χ1v) is 17.8. The Hall–Kier alpha value is -2.33. The van der Waals surface area contributed by atoms with Gasteiger partial charge in [0, 0.05) is 24.5 Å². The molecule has 1 aromatic heterocycles. The summed E-state index contributed by atoms with van der Waals surface area (Å²) in [6, 6.07) is 15.0. The number of aromatic nitrogens is 2. The van der Waals surface area contributed by atoms with Gasteiger partial charge in [0.1, 0.15) is 0 Å². The van der Waals surface area contributed by atoms with E-state index in [1.807, 2.05) is 22.8 Å². The third-order valence-electron chi connectivity index (χ3n) is 6.60. The number of nitrogens with zero attached hydrogens (tertiary/aromatic N) is 4. The molecule has 2 heterocycles. The minimum absolute atomic E-state index is 0.856. The molecule has 7 heteroatoms. The average molecular weight is 623 g/mol. The molecule has 0 aliphatic carbocycles. The van der Waals surface area contributed by atoms with E-state index in [4.69, 9.17) is 19.4 Å². The van der Waals surface area contributed by atoms with Crippen LogP contribution in [0.15, 0.2) is 54.9 Å². The van der Waals surface area contributed by atoms with Gasteiger partial charge in [-0.05, 0) is 63.8 Å². The Balaban J connectivity index is 0.000000195. The van der Waals surface area contributed by atoms with Gasteiger partial charge in [0.2, 0.25) is 0 Å². The second-order valence-corrected chi connectivity index (χ2v) is 15.5. The van der Waals surface area contributed by atoms with Crippen molar-refractivity contribution in [2.24, 2.45) is 0 Å². The van der Waals surface area contributed by atoms with Crippen LogP contribution >= 0.6 is 19.4 Å². The van der Waals surface area contributed by atoms with E-state index in [1.54, 1.807) is 12.4 Å². The fraction of sp³-hybridized carbons (Fsp3) is 0.300. The van der Waals surface area contributed by atoms with E-state index in [-0.39, 0.29) is 0 Å². The molecule has 0 saturated carbocycles. The predicted octanol–water partition coefficient (Wildman–Crippen LogP) is 7.53. The van der Waals surface area contributed by atoms with Crippen LogP contribution in [0.5, 0.6) is 0 Å². The number of rotatable bonds is 3. The summed E-state index contributed by atoms with van der Waals surface area (Å²) in [6.45, 7) is 16.5. The van der Waals surface area contributed by atoms with E-state index in [9.17, 15) is 0 Å². The van der Waals surface area contributed by atoms with E-state index in [0.717, 1.165) is 36.4 Å². The second-order valence-electron chi connectivity index (χ2n) is 9.74. The van der Waals surface area contributed by atoms with E-state index < -0.39 is 13.5 Å². The van der Waals surface area contributed by atoms with Crippen LogP contribution in [0, 0.1) is 41.5 Å². The molecule has 37 heavy (non-hydrogen) atoms. The number of benzene rings is 3. The van der Waals surface area contributed by atoms with E-state index in [1.165, 1.54) is 44.8 Å². The third-order valence-corrected chi connectivity index (χ3v) is 8.43. The Morgan fingerprint density at radius 3 is 1.70 bits per heavy atom. The molecule has 3 aromatic carbocycles. The van der Waals surface area contributed by atoms with Gasteiger partial charge in [-0.1, -0.05) is 35.4 Å². The van der Waals surface area contributed by atoms with E-state index in [2.05, 4.69) is 85.6 Å². The SMILES string of the molecule is Cc1cc(C)c(N2CCN(c3c(C)cc(C)cc3C)C2)c(C)c1.[Cl][Ru]([Cl])=[CH]c1cccc2nccnc12. The minimum atomic E-state index is -1.79. The molecule has 1 aliphatic rings. The first-order chi connectivity index (χ1) is 17.6. The summed E-state index contributed by atoms with van der Waals surface area (Å²) in [5, 5.41) is 0. The maximum absolute atomic E-state index is 5.82. The normalized spacial score (nSPS) is 13.5. The zero-order valence-corrected chi connectivity index (χ0v) is 25.5. The van der Waals surface area contributed by atoms with Crippen LogP contribution in [0.2, 0.25) is 0 Å². The van der Waals surface area contributed by atoms with Gasteiger partial charge < -0.3 is 9.80 Å². The second kappa shape index (κ2) is 12.0. The van der Waals surface area contributed by atoms with Gasteiger partial charge in [-0.25, -0.2) is 0 Å². The zero-order valence-electron chi connectivity index (χ0n) is 22.3. The molecule has 0 unspecified atom stereocenters. The molecule has 0 bridgehead atoms. The summed E-state index contributed by atoms with van der Waals surface area (Å²) >= 11 is -1.79. The van der Waals surface area contributed by atoms with Crippen LogP contribution in [-0.4, -0.2) is 34.3 Å². The molecule has 1 saturated heterocycles. The van der Waals surface area contributed by atoms with Gasteiger partial charge in [0.15, 0.2) is 0 Å². The van der Waals surface area contributed by atoms with Crippen LogP contribution in [-0.2, 0) is 13.5 Å². The molecule has 196 valence electrons. The number of fused-ring (bicyclic) bond motifs is 1. The Bertz CT molecular complexity index is 1350. The third kappa shape index (κ3) is 6.58. The number of para-hydroxylation sites is 1. The average Bonchev–Trinajstić information content (AvgIpc) is 3.27. The number of hydrogen-bond donors (Lipinski definition) is 0. The summed E-state index contributed by atoms with van der Waals surface area (Å²) in [7, 11) is 11.6. The Morgan fingerprint density at radius 2 is 1.22 bits per heavy atom. The molecule has 0 N–H and O–H groups in total. The number of hydrogen-bond acceptors (Lipinski definition) is 4. The van der Waals surface area contributed by atoms with Crippen molar-refractivity contribution < 1.29 is 13.5 Å². The fourth-order valence-corrected chi connectivity index (χ4v) is 7.27. The van der Waals surface area contributed by atoms with Gasteiger partial charge in [0.25, 0.3) is 0 Å². The summed E-state index contributed by atoms with van der Waals surface area (Å²) in [5.41, 5.74) is 13.8. The topological polar surface area (TPSA) is 32.3 Å². The molecule has 0 atom stereocenters. The number of aryl methyl sites for hydroxylation is 6. The van der Waals surface area contributed by atoms with Gasteiger partial charge in [-0.2, -0.15) is 0 Å². The molecule has 4 nitrogen and oxygen atoms in total. The number of anilines is 2. The zero-order chi connectivity index (χ0) is 26.7. The Kier molecular flexibility index (Phi) is 9.00. The van der Waals surface area contributed by atoms with Crippen molar-refractivity contribution in [1.29, 1.82) is 0 Å². The molecule has 0 radical (unpaired) electrons. The van der Waals surface area contributed by atoms with Crippen molar-refractivity contribution in [1.82, 2.24) is 9.97 Å². The Morgan fingerprint density at radius 1 is 0.730 bits per heavy atom. The summed E-state index contributed by atoms with van der Waals surface area (Å²) in [6.07, 6.45) is 3.34. The van der Waals surface area contributed by atoms with Crippen molar-refractivity contribution in [3.05, 3.63) is 93.8 Å². The van der Waals surface area contributed by atoms with Gasteiger partial charge in [-0.15, -0.1) is 0 Å².